The minimum absolute atomic E-state index is 0.00492. The third-order valence-corrected chi connectivity index (χ3v) is 12.3. The molecule has 9 aromatic carbocycles. The Hall–Kier alpha value is -8.19. The van der Waals surface area contributed by atoms with Crippen LogP contribution >= 0.6 is 11.3 Å². The number of hydrogen-bond acceptors (Lipinski definition) is 5. The summed E-state index contributed by atoms with van der Waals surface area (Å²) in [7, 11) is 0. The zero-order valence-corrected chi connectivity index (χ0v) is 33.4. The molecule has 0 aliphatic rings. The van der Waals surface area contributed by atoms with Crippen molar-refractivity contribution in [3.63, 3.8) is 0 Å². The zero-order valence-electron chi connectivity index (χ0n) is 47.6. The smallest absolute Gasteiger partial charge is 0.164 e. The summed E-state index contributed by atoms with van der Waals surface area (Å²) in [5, 5.41) is 1.36. The van der Waals surface area contributed by atoms with E-state index in [4.69, 9.17) is 29.0 Å². The molecule has 0 saturated heterocycles. The number of hydrogen-bond donors (Lipinski definition) is 0. The minimum atomic E-state index is -0.673. The zero-order chi connectivity index (χ0) is 54.5. The third-order valence-electron chi connectivity index (χ3n) is 11.2. The van der Waals surface area contributed by atoms with Crippen LogP contribution in [0.3, 0.4) is 0 Å². The molecule has 0 aliphatic carbocycles. The third kappa shape index (κ3) is 5.80. The molecule has 0 radical (unpaired) electrons. The second-order valence-corrected chi connectivity index (χ2v) is 15.9. The standard InChI is InChI=1S/C57H34N4OS/c1-4-14-35(15-5-1)38-28-31-48-46(32-38)41-20-10-11-23-47(41)61(48)49-24-12-21-43-42-29-27-40(33-50(42)62-54(43)49)56-58-55(37-18-8-3-9-19-37)59-57(60-56)45-22-13-25-51-53(45)44-30-26-39(34-52(44)63-51)36-16-6-2-7-17-36/h1-34H/i1D,4D,5D,10D,11D,12D,14D,15D,20D,21D,23D,24D,27D,29D,32D. The van der Waals surface area contributed by atoms with Crippen molar-refractivity contribution < 1.29 is 25.0 Å². The number of aromatic nitrogens is 4. The Balaban J connectivity index is 1.07. The lowest BCUT2D eigenvalue weighted by Crippen LogP contribution is -2.00. The van der Waals surface area contributed by atoms with Gasteiger partial charge in [0.25, 0.3) is 0 Å². The van der Waals surface area contributed by atoms with E-state index in [1.54, 1.807) is 11.3 Å². The van der Waals surface area contributed by atoms with E-state index in [-0.39, 0.29) is 83.8 Å². The van der Waals surface area contributed by atoms with Gasteiger partial charge in [0.1, 0.15) is 5.58 Å². The molecule has 4 heterocycles. The van der Waals surface area contributed by atoms with Crippen LogP contribution in [0.1, 0.15) is 20.6 Å². The molecule has 13 rings (SSSR count). The van der Waals surface area contributed by atoms with Crippen molar-refractivity contribution in [2.24, 2.45) is 0 Å². The number of para-hydroxylation sites is 2. The normalized spacial score (nSPS) is 15.1. The van der Waals surface area contributed by atoms with E-state index in [1.165, 1.54) is 22.8 Å². The first-order chi connectivity index (χ1) is 37.5. The van der Waals surface area contributed by atoms with Crippen molar-refractivity contribution in [3.8, 4) is 62.1 Å². The summed E-state index contributed by atoms with van der Waals surface area (Å²) in [6, 6.07) is 27.0. The Morgan fingerprint density at radius 1 is 0.444 bits per heavy atom. The van der Waals surface area contributed by atoms with E-state index in [2.05, 4.69) is 30.3 Å². The first kappa shape index (κ1) is 23.7. The van der Waals surface area contributed by atoms with Crippen LogP contribution in [-0.2, 0) is 0 Å². The summed E-state index contributed by atoms with van der Waals surface area (Å²) in [5.74, 6) is 0.592. The summed E-state index contributed by atoms with van der Waals surface area (Å²) in [6.07, 6.45) is 0. The van der Waals surface area contributed by atoms with Crippen molar-refractivity contribution >= 4 is 75.3 Å². The van der Waals surface area contributed by atoms with Gasteiger partial charge in [-0.05, 0) is 70.7 Å². The maximum Gasteiger partial charge on any atom is 0.164 e. The predicted octanol–water partition coefficient (Wildman–Crippen LogP) is 15.6. The molecule has 0 fully saturated rings. The van der Waals surface area contributed by atoms with Crippen LogP contribution < -0.4 is 0 Å². The topological polar surface area (TPSA) is 56.7 Å². The molecular formula is C57H34N4OS. The summed E-state index contributed by atoms with van der Waals surface area (Å²) in [5.41, 5.74) is 2.25. The van der Waals surface area contributed by atoms with Gasteiger partial charge in [0.05, 0.1) is 37.3 Å². The van der Waals surface area contributed by atoms with Crippen molar-refractivity contribution in [1.82, 2.24) is 19.5 Å². The second kappa shape index (κ2) is 14.2. The van der Waals surface area contributed by atoms with Crippen LogP contribution in [0.15, 0.2) is 210 Å². The van der Waals surface area contributed by atoms with Gasteiger partial charge in [-0.25, -0.2) is 15.0 Å². The maximum atomic E-state index is 9.61. The van der Waals surface area contributed by atoms with Crippen LogP contribution in [0.4, 0.5) is 0 Å². The lowest BCUT2D eigenvalue weighted by molar-refractivity contribution is 0.666. The summed E-state index contributed by atoms with van der Waals surface area (Å²) < 4.78 is 145. The predicted molar refractivity (Wildman–Crippen MR) is 262 cm³/mol. The van der Waals surface area contributed by atoms with Gasteiger partial charge in [0.15, 0.2) is 23.1 Å². The van der Waals surface area contributed by atoms with E-state index >= 15 is 0 Å². The maximum absolute atomic E-state index is 9.61. The van der Waals surface area contributed by atoms with Crippen LogP contribution in [0.5, 0.6) is 0 Å². The fourth-order valence-corrected chi connectivity index (χ4v) is 9.47. The molecule has 63 heavy (non-hydrogen) atoms. The highest BCUT2D eigenvalue weighted by molar-refractivity contribution is 7.26. The van der Waals surface area contributed by atoms with Gasteiger partial charge in [-0.15, -0.1) is 11.3 Å². The fourth-order valence-electron chi connectivity index (χ4n) is 8.30. The SMILES string of the molecule is [2H]c1c([2H])c([2H])c(-c2ccc3c(c2[2H])c2c([2H])c([2H])c([2H])c([2H])c2n3-c2c([2H])c([2H])c([2H])c3c2oc2cc(-c4nc(-c5ccccc5)nc(-c5cccc6sc7cc(-c8ccccc8)ccc7c56)n4)c([2H])c([2H])c23)c([2H])c1[2H]. The van der Waals surface area contributed by atoms with E-state index in [0.29, 0.717) is 17.0 Å². The molecular weight excluding hydrogens is 789 g/mol. The van der Waals surface area contributed by atoms with E-state index in [0.717, 1.165) is 31.3 Å². The Morgan fingerprint density at radius 3 is 2.05 bits per heavy atom. The van der Waals surface area contributed by atoms with Gasteiger partial charge in [-0.2, -0.15) is 0 Å². The molecule has 0 aliphatic heterocycles. The quantitative estimate of drug-likeness (QED) is 0.167. The summed E-state index contributed by atoms with van der Waals surface area (Å²) >= 11 is 1.64. The lowest BCUT2D eigenvalue weighted by atomic mass is 10.0. The number of furan rings is 1. The van der Waals surface area contributed by atoms with Crippen LogP contribution in [0.2, 0.25) is 0 Å². The van der Waals surface area contributed by atoms with Gasteiger partial charge >= 0.3 is 0 Å². The van der Waals surface area contributed by atoms with Gasteiger partial charge in [-0.1, -0.05) is 157 Å². The first-order valence-corrected chi connectivity index (χ1v) is 20.7. The van der Waals surface area contributed by atoms with E-state index in [1.807, 2.05) is 66.7 Å². The van der Waals surface area contributed by atoms with Crippen LogP contribution in [0, 0.1) is 0 Å². The number of rotatable bonds is 6. The molecule has 5 nitrogen and oxygen atoms in total. The molecule has 294 valence electrons. The molecule has 0 spiro atoms. The average molecular weight is 838 g/mol. The van der Waals surface area contributed by atoms with Gasteiger partial charge in [0.2, 0.25) is 0 Å². The number of benzene rings is 9. The molecule has 0 atom stereocenters. The molecule has 0 amide bonds. The molecule has 0 unspecified atom stereocenters. The highest BCUT2D eigenvalue weighted by atomic mass is 32.1. The minimum Gasteiger partial charge on any atom is -0.454 e. The van der Waals surface area contributed by atoms with Crippen molar-refractivity contribution in [3.05, 3.63) is 206 Å². The molecule has 4 aromatic heterocycles. The summed E-state index contributed by atoms with van der Waals surface area (Å²) in [4.78, 5) is 14.9. The first-order valence-electron chi connectivity index (χ1n) is 27.4. The highest BCUT2D eigenvalue weighted by Crippen LogP contribution is 2.43. The van der Waals surface area contributed by atoms with E-state index in [9.17, 15) is 11.0 Å². The lowest BCUT2D eigenvalue weighted by Gasteiger charge is -2.10. The van der Waals surface area contributed by atoms with Crippen LogP contribution in [0.25, 0.3) is 126 Å². The monoisotopic (exact) mass is 837 g/mol. The highest BCUT2D eigenvalue weighted by Gasteiger charge is 2.21. The number of fused-ring (bicyclic) bond motifs is 9. The fraction of sp³-hybridized carbons (Fsp3) is 0. The Kier molecular flexibility index (Phi) is 5.34. The molecule has 0 bridgehead atoms. The second-order valence-electron chi connectivity index (χ2n) is 14.8. The molecule has 0 saturated carbocycles. The van der Waals surface area contributed by atoms with Gasteiger partial charge in [0, 0.05) is 58.4 Å². The number of thiophene rings is 1. The largest absolute Gasteiger partial charge is 0.454 e. The van der Waals surface area contributed by atoms with Crippen molar-refractivity contribution in [2.45, 2.75) is 0 Å². The van der Waals surface area contributed by atoms with Crippen molar-refractivity contribution in [2.75, 3.05) is 0 Å². The Labute approximate surface area is 386 Å². The Morgan fingerprint density at radius 2 is 1.19 bits per heavy atom. The van der Waals surface area contributed by atoms with Crippen molar-refractivity contribution in [1.29, 1.82) is 0 Å². The number of nitrogens with zero attached hydrogens (tertiary/aromatic N) is 4. The summed E-state index contributed by atoms with van der Waals surface area (Å²) in [6.45, 7) is 0. The average Bonchev–Trinajstić information content (AvgIpc) is 4.35. The van der Waals surface area contributed by atoms with Crippen LogP contribution in [-0.4, -0.2) is 19.5 Å². The van der Waals surface area contributed by atoms with E-state index < -0.39 is 84.6 Å². The molecule has 13 aromatic rings. The van der Waals surface area contributed by atoms with Gasteiger partial charge < -0.3 is 8.98 Å². The van der Waals surface area contributed by atoms with Gasteiger partial charge in [-0.3, -0.25) is 0 Å². The Bertz CT molecular complexity index is 4780. The molecule has 6 heteroatoms. The molecule has 0 N–H and O–H groups in total.